The Balaban J connectivity index is 2.68. The molecule has 2 heteroatoms. The molecule has 1 unspecified atom stereocenters. The molecule has 0 spiro atoms. The van der Waals surface area contributed by atoms with Gasteiger partial charge in [-0.15, -0.1) is 0 Å². The van der Waals surface area contributed by atoms with Crippen molar-refractivity contribution >= 4 is 26.0 Å². The van der Waals surface area contributed by atoms with E-state index < -0.39 is 20.2 Å². The van der Waals surface area contributed by atoms with Gasteiger partial charge in [0, 0.05) is 0 Å². The average Bonchev–Trinajstić information content (AvgIpc) is 2.18. The molecule has 0 fully saturated rings. The Labute approximate surface area is 99.8 Å². The van der Waals surface area contributed by atoms with E-state index in [1.165, 1.54) is 12.0 Å². The third kappa shape index (κ3) is 3.99. The number of benzene rings is 1. The zero-order valence-electron chi connectivity index (χ0n) is 9.95. The standard InChI is InChI=1S/C11H13O.2CH3.Sb/c1-3-4-10-5-7-11(8-6-10)9(2)12;;;/h3,5-8H,4H2,1-2H3;2*1H3;. The molecule has 82 valence electrons. The van der Waals surface area contributed by atoms with Crippen molar-refractivity contribution in [2.24, 2.45) is 0 Å². The van der Waals surface area contributed by atoms with E-state index in [-0.39, 0.29) is 5.78 Å². The predicted molar refractivity (Wildman–Crippen MR) is 67.1 cm³/mol. The first-order valence-corrected chi connectivity index (χ1v) is 11.8. The van der Waals surface area contributed by atoms with Gasteiger partial charge in [0.15, 0.2) is 0 Å². The number of carbonyl (C=O) groups excluding carboxylic acids is 1. The predicted octanol–water partition coefficient (Wildman–Crippen LogP) is 3.58. The van der Waals surface area contributed by atoms with Gasteiger partial charge in [-0.1, -0.05) is 0 Å². The summed E-state index contributed by atoms with van der Waals surface area (Å²) in [6.07, 6.45) is 1.17. The summed E-state index contributed by atoms with van der Waals surface area (Å²) in [4.78, 5) is 16.0. The van der Waals surface area contributed by atoms with Crippen molar-refractivity contribution in [1.29, 1.82) is 0 Å². The van der Waals surface area contributed by atoms with Gasteiger partial charge in [-0.05, 0) is 0 Å². The molecule has 0 aromatic heterocycles. The number of hydrogen-bond acceptors (Lipinski definition) is 1. The van der Waals surface area contributed by atoms with Gasteiger partial charge in [-0.3, -0.25) is 0 Å². The van der Waals surface area contributed by atoms with Gasteiger partial charge < -0.3 is 0 Å². The monoisotopic (exact) mass is 312 g/mol. The van der Waals surface area contributed by atoms with Crippen LogP contribution in [0.15, 0.2) is 24.3 Å². The number of ketones is 1. The molecule has 1 nitrogen and oxygen atoms in total. The Morgan fingerprint density at radius 3 is 2.20 bits per heavy atom. The van der Waals surface area contributed by atoms with Crippen LogP contribution >= 0.6 is 0 Å². The van der Waals surface area contributed by atoms with Gasteiger partial charge >= 0.3 is 100 Å². The molecule has 0 aliphatic carbocycles. The molecule has 1 atom stereocenters. The molecular formula is C13H19OSb. The molecule has 0 saturated carbocycles. The van der Waals surface area contributed by atoms with E-state index in [0.717, 1.165) is 9.43 Å². The normalized spacial score (nSPS) is 12.9. The van der Waals surface area contributed by atoms with Crippen molar-refractivity contribution in [2.45, 2.75) is 33.9 Å². The molecule has 0 heterocycles. The van der Waals surface area contributed by atoms with Crippen LogP contribution in [-0.4, -0.2) is 26.0 Å². The topological polar surface area (TPSA) is 17.1 Å². The maximum atomic E-state index is 11.1. The second kappa shape index (κ2) is 5.70. The molecule has 0 saturated heterocycles. The maximum absolute atomic E-state index is 11.1. The van der Waals surface area contributed by atoms with E-state index in [2.05, 4.69) is 28.8 Å². The fraction of sp³-hybridized carbons (Fsp3) is 0.462. The van der Waals surface area contributed by atoms with Gasteiger partial charge in [0.25, 0.3) is 0 Å². The summed E-state index contributed by atoms with van der Waals surface area (Å²) < 4.78 is 0.871. The van der Waals surface area contributed by atoms with Gasteiger partial charge in [-0.25, -0.2) is 0 Å². The summed E-state index contributed by atoms with van der Waals surface area (Å²) in [5, 5.41) is 0. The van der Waals surface area contributed by atoms with Crippen molar-refractivity contribution in [2.75, 3.05) is 0 Å². The van der Waals surface area contributed by atoms with Gasteiger partial charge in [-0.2, -0.15) is 0 Å². The van der Waals surface area contributed by atoms with E-state index in [9.17, 15) is 4.79 Å². The molecule has 0 aliphatic heterocycles. The molecule has 1 rings (SSSR count). The molecule has 0 N–H and O–H groups in total. The summed E-state index contributed by atoms with van der Waals surface area (Å²) in [6, 6.07) is 8.07. The van der Waals surface area contributed by atoms with Crippen molar-refractivity contribution in [3.8, 4) is 0 Å². The first-order chi connectivity index (χ1) is 7.00. The van der Waals surface area contributed by atoms with Crippen LogP contribution in [0.4, 0.5) is 0 Å². The molecule has 1 aromatic carbocycles. The zero-order chi connectivity index (χ0) is 11.4. The molecule has 0 bridgehead atoms. The fourth-order valence-electron chi connectivity index (χ4n) is 1.40. The zero-order valence-corrected chi connectivity index (χ0v) is 12.5. The number of hydrogen-bond donors (Lipinski definition) is 0. The van der Waals surface area contributed by atoms with Gasteiger partial charge in [0.1, 0.15) is 0 Å². The first kappa shape index (κ1) is 12.8. The van der Waals surface area contributed by atoms with Crippen LogP contribution < -0.4 is 0 Å². The number of Topliss-reactive ketones (excluding diaryl/α,β-unsaturated/α-hetero) is 1. The average molecular weight is 313 g/mol. The Bertz CT molecular complexity index is 327. The van der Waals surface area contributed by atoms with Gasteiger partial charge in [0.2, 0.25) is 0 Å². The first-order valence-electron chi connectivity index (χ1n) is 5.27. The summed E-state index contributed by atoms with van der Waals surface area (Å²) in [5.41, 5.74) is 2.18. The summed E-state index contributed by atoms with van der Waals surface area (Å²) >= 11 is -0.930. The fourth-order valence-corrected chi connectivity index (χ4v) is 3.04. The van der Waals surface area contributed by atoms with Crippen LogP contribution in [0.5, 0.6) is 0 Å². The molecule has 0 aliphatic rings. The summed E-state index contributed by atoms with van der Waals surface area (Å²) in [5.74, 6) is 0.149. The SMILES string of the molecule is CC(=O)c1ccc(C[CH](C)[Sb]([CH3])[CH3])cc1. The third-order valence-corrected chi connectivity index (χ3v) is 8.33. The van der Waals surface area contributed by atoms with E-state index >= 15 is 0 Å². The van der Waals surface area contributed by atoms with E-state index in [1.54, 1.807) is 6.92 Å². The van der Waals surface area contributed by atoms with Crippen LogP contribution in [-0.2, 0) is 6.42 Å². The third-order valence-electron chi connectivity index (χ3n) is 2.77. The molecule has 15 heavy (non-hydrogen) atoms. The minimum absolute atomic E-state index is 0.149. The summed E-state index contributed by atoms with van der Waals surface area (Å²) in [6.45, 7) is 3.96. The van der Waals surface area contributed by atoms with Crippen molar-refractivity contribution in [1.82, 2.24) is 0 Å². The van der Waals surface area contributed by atoms with Crippen molar-refractivity contribution in [3.05, 3.63) is 35.4 Å². The molecule has 0 radical (unpaired) electrons. The van der Waals surface area contributed by atoms with Crippen LogP contribution in [0.3, 0.4) is 0 Å². The van der Waals surface area contributed by atoms with Crippen LogP contribution in [0.2, 0.25) is 13.6 Å². The minimum atomic E-state index is -0.930. The Morgan fingerprint density at radius 1 is 1.27 bits per heavy atom. The van der Waals surface area contributed by atoms with Crippen LogP contribution in [0, 0.1) is 0 Å². The van der Waals surface area contributed by atoms with E-state index in [4.69, 9.17) is 0 Å². The van der Waals surface area contributed by atoms with E-state index in [1.807, 2.05) is 12.1 Å². The second-order valence-corrected chi connectivity index (χ2v) is 12.3. The van der Waals surface area contributed by atoms with Crippen molar-refractivity contribution in [3.63, 3.8) is 0 Å². The summed E-state index contributed by atoms with van der Waals surface area (Å²) in [7, 11) is 0. The van der Waals surface area contributed by atoms with Crippen molar-refractivity contribution < 1.29 is 4.79 Å². The molecule has 1 aromatic rings. The quantitative estimate of drug-likeness (QED) is 0.613. The molecule has 0 amide bonds. The number of carbonyl (C=O) groups is 1. The Kier molecular flexibility index (Phi) is 4.85. The Hall–Kier alpha value is -0.292. The van der Waals surface area contributed by atoms with Crippen LogP contribution in [0.1, 0.15) is 29.8 Å². The van der Waals surface area contributed by atoms with Crippen LogP contribution in [0.25, 0.3) is 0 Å². The Morgan fingerprint density at radius 2 is 1.80 bits per heavy atom. The molecular weight excluding hydrogens is 294 g/mol. The van der Waals surface area contributed by atoms with Gasteiger partial charge in [0.05, 0.1) is 0 Å². The second-order valence-electron chi connectivity index (χ2n) is 4.27. The van der Waals surface area contributed by atoms with E-state index in [0.29, 0.717) is 0 Å². The number of rotatable bonds is 4.